The van der Waals surface area contributed by atoms with Gasteiger partial charge >= 0.3 is 0 Å². The average Bonchev–Trinajstić information content (AvgIpc) is 2.70. The molecule has 1 heterocycles. The van der Waals surface area contributed by atoms with Crippen LogP contribution in [0.3, 0.4) is 0 Å². The lowest BCUT2D eigenvalue weighted by molar-refractivity contribution is 0.0939. The maximum Gasteiger partial charge on any atom is 0.267 e. The van der Waals surface area contributed by atoms with Gasteiger partial charge in [-0.3, -0.25) is 4.79 Å². The SMILES string of the molecule is CC(C)NC(=O)c1cc2ccc(C(C)C)cc2[nH]1. The molecule has 1 amide bonds. The minimum Gasteiger partial charge on any atom is -0.351 e. The van der Waals surface area contributed by atoms with Crippen molar-refractivity contribution in [3.05, 3.63) is 35.5 Å². The van der Waals surface area contributed by atoms with Crippen molar-refractivity contribution >= 4 is 16.8 Å². The van der Waals surface area contributed by atoms with Gasteiger partial charge < -0.3 is 10.3 Å². The minimum absolute atomic E-state index is 0.0488. The zero-order valence-electron chi connectivity index (χ0n) is 11.4. The van der Waals surface area contributed by atoms with Gasteiger partial charge in [-0.05, 0) is 37.5 Å². The Balaban J connectivity index is 2.35. The van der Waals surface area contributed by atoms with E-state index in [1.165, 1.54) is 5.56 Å². The van der Waals surface area contributed by atoms with E-state index >= 15 is 0 Å². The van der Waals surface area contributed by atoms with Gasteiger partial charge in [0.2, 0.25) is 0 Å². The summed E-state index contributed by atoms with van der Waals surface area (Å²) in [6, 6.07) is 8.34. The molecule has 1 aromatic heterocycles. The van der Waals surface area contributed by atoms with Gasteiger partial charge in [-0.2, -0.15) is 0 Å². The van der Waals surface area contributed by atoms with E-state index in [4.69, 9.17) is 0 Å². The van der Waals surface area contributed by atoms with Gasteiger partial charge in [-0.15, -0.1) is 0 Å². The fourth-order valence-electron chi connectivity index (χ4n) is 1.97. The molecule has 0 radical (unpaired) electrons. The summed E-state index contributed by atoms with van der Waals surface area (Å²) in [5.74, 6) is 0.443. The number of amides is 1. The van der Waals surface area contributed by atoms with E-state index in [9.17, 15) is 4.79 Å². The number of aromatic amines is 1. The summed E-state index contributed by atoms with van der Waals surface area (Å²) >= 11 is 0. The molecule has 0 atom stereocenters. The lowest BCUT2D eigenvalue weighted by Crippen LogP contribution is -2.30. The zero-order chi connectivity index (χ0) is 13.3. The zero-order valence-corrected chi connectivity index (χ0v) is 11.4. The van der Waals surface area contributed by atoms with Gasteiger partial charge in [-0.25, -0.2) is 0 Å². The van der Waals surface area contributed by atoms with Gasteiger partial charge in [0.05, 0.1) is 0 Å². The topological polar surface area (TPSA) is 44.9 Å². The van der Waals surface area contributed by atoms with Crippen LogP contribution in [0.1, 0.15) is 49.7 Å². The van der Waals surface area contributed by atoms with Crippen molar-refractivity contribution in [2.75, 3.05) is 0 Å². The molecular formula is C15H20N2O. The molecule has 2 aromatic rings. The van der Waals surface area contributed by atoms with Crippen LogP contribution in [0.15, 0.2) is 24.3 Å². The third-order valence-electron chi connectivity index (χ3n) is 2.98. The molecule has 1 aromatic carbocycles. The number of nitrogens with one attached hydrogen (secondary N) is 2. The van der Waals surface area contributed by atoms with Crippen LogP contribution >= 0.6 is 0 Å². The Morgan fingerprint density at radius 1 is 1.17 bits per heavy atom. The second-order valence-corrected chi connectivity index (χ2v) is 5.31. The van der Waals surface area contributed by atoms with Crippen LogP contribution < -0.4 is 5.32 Å². The van der Waals surface area contributed by atoms with Crippen LogP contribution in [0.25, 0.3) is 10.9 Å². The fraction of sp³-hybridized carbons (Fsp3) is 0.400. The van der Waals surface area contributed by atoms with Gasteiger partial charge in [0.15, 0.2) is 0 Å². The monoisotopic (exact) mass is 244 g/mol. The molecule has 18 heavy (non-hydrogen) atoms. The largest absolute Gasteiger partial charge is 0.351 e. The van der Waals surface area contributed by atoms with Crippen LogP contribution in [-0.2, 0) is 0 Å². The first-order valence-electron chi connectivity index (χ1n) is 6.41. The lowest BCUT2D eigenvalue weighted by atomic mass is 10.0. The van der Waals surface area contributed by atoms with Crippen LogP contribution in [-0.4, -0.2) is 16.9 Å². The summed E-state index contributed by atoms with van der Waals surface area (Å²) in [6.07, 6.45) is 0. The van der Waals surface area contributed by atoms with Crippen LogP contribution in [0.5, 0.6) is 0 Å². The van der Waals surface area contributed by atoms with E-state index in [1.54, 1.807) is 0 Å². The highest BCUT2D eigenvalue weighted by Gasteiger charge is 2.11. The quantitative estimate of drug-likeness (QED) is 0.853. The van der Waals surface area contributed by atoms with Crippen LogP contribution in [0.4, 0.5) is 0 Å². The number of hydrogen-bond acceptors (Lipinski definition) is 1. The minimum atomic E-state index is -0.0488. The smallest absolute Gasteiger partial charge is 0.267 e. The van der Waals surface area contributed by atoms with Gasteiger partial charge in [0.1, 0.15) is 5.69 Å². The molecule has 0 unspecified atom stereocenters. The van der Waals surface area contributed by atoms with E-state index in [0.717, 1.165) is 10.9 Å². The lowest BCUT2D eigenvalue weighted by Gasteiger charge is -2.06. The predicted octanol–water partition coefficient (Wildman–Crippen LogP) is 3.43. The molecule has 0 aliphatic carbocycles. The number of aromatic nitrogens is 1. The number of carbonyl (C=O) groups excluding carboxylic acids is 1. The summed E-state index contributed by atoms with van der Waals surface area (Å²) in [6.45, 7) is 8.24. The normalized spacial score (nSPS) is 11.4. The first-order chi connectivity index (χ1) is 8.47. The first kappa shape index (κ1) is 12.7. The van der Waals surface area contributed by atoms with Crippen molar-refractivity contribution in [2.24, 2.45) is 0 Å². The van der Waals surface area contributed by atoms with Crippen molar-refractivity contribution in [1.82, 2.24) is 10.3 Å². The van der Waals surface area contributed by atoms with E-state index in [2.05, 4.69) is 42.3 Å². The third kappa shape index (κ3) is 2.55. The Morgan fingerprint density at radius 3 is 2.50 bits per heavy atom. The standard InChI is InChI=1S/C15H20N2O/c1-9(2)11-5-6-12-8-14(17-13(12)7-11)15(18)16-10(3)4/h5-10,17H,1-4H3,(H,16,18). The van der Waals surface area contributed by atoms with Gasteiger partial charge in [-0.1, -0.05) is 26.0 Å². The Labute approximate surface area is 108 Å². The molecule has 2 N–H and O–H groups in total. The molecule has 96 valence electrons. The number of fused-ring (bicyclic) bond motifs is 1. The fourth-order valence-corrected chi connectivity index (χ4v) is 1.97. The first-order valence-corrected chi connectivity index (χ1v) is 6.41. The number of rotatable bonds is 3. The van der Waals surface area contributed by atoms with Crippen LogP contribution in [0, 0.1) is 0 Å². The Kier molecular flexibility index (Phi) is 3.41. The second kappa shape index (κ2) is 4.84. The number of hydrogen-bond donors (Lipinski definition) is 2. The summed E-state index contributed by atoms with van der Waals surface area (Å²) < 4.78 is 0. The molecule has 0 saturated heterocycles. The van der Waals surface area contributed by atoms with Crippen molar-refractivity contribution in [3.63, 3.8) is 0 Å². The van der Waals surface area contributed by atoms with E-state index in [0.29, 0.717) is 11.6 Å². The Bertz CT molecular complexity index is 567. The van der Waals surface area contributed by atoms with Crippen molar-refractivity contribution < 1.29 is 4.79 Å². The molecule has 2 rings (SSSR count). The van der Waals surface area contributed by atoms with Crippen LogP contribution in [0.2, 0.25) is 0 Å². The van der Waals surface area contributed by atoms with Gasteiger partial charge in [0, 0.05) is 16.9 Å². The van der Waals surface area contributed by atoms with E-state index in [1.807, 2.05) is 19.9 Å². The summed E-state index contributed by atoms with van der Waals surface area (Å²) in [5, 5.41) is 3.96. The molecule has 3 nitrogen and oxygen atoms in total. The molecule has 3 heteroatoms. The predicted molar refractivity (Wildman–Crippen MR) is 75.0 cm³/mol. The van der Waals surface area contributed by atoms with Crippen molar-refractivity contribution in [2.45, 2.75) is 39.7 Å². The molecule has 0 fully saturated rings. The van der Waals surface area contributed by atoms with Crippen molar-refractivity contribution in [3.8, 4) is 0 Å². The molecule has 0 bridgehead atoms. The number of carbonyl (C=O) groups is 1. The molecule has 0 aliphatic heterocycles. The average molecular weight is 244 g/mol. The third-order valence-corrected chi connectivity index (χ3v) is 2.98. The molecular weight excluding hydrogens is 224 g/mol. The maximum atomic E-state index is 11.9. The Morgan fingerprint density at radius 2 is 1.89 bits per heavy atom. The number of benzene rings is 1. The highest BCUT2D eigenvalue weighted by Crippen LogP contribution is 2.21. The molecule has 0 saturated carbocycles. The summed E-state index contributed by atoms with van der Waals surface area (Å²) in [7, 11) is 0. The van der Waals surface area contributed by atoms with E-state index < -0.39 is 0 Å². The summed E-state index contributed by atoms with van der Waals surface area (Å²) in [5.41, 5.74) is 2.93. The van der Waals surface area contributed by atoms with Crippen molar-refractivity contribution in [1.29, 1.82) is 0 Å². The summed E-state index contributed by atoms with van der Waals surface area (Å²) in [4.78, 5) is 15.1. The maximum absolute atomic E-state index is 11.9. The van der Waals surface area contributed by atoms with Gasteiger partial charge in [0.25, 0.3) is 5.91 Å². The Hall–Kier alpha value is -1.77. The molecule has 0 spiro atoms. The second-order valence-electron chi connectivity index (χ2n) is 5.31. The number of H-pyrrole nitrogens is 1. The van der Waals surface area contributed by atoms with E-state index in [-0.39, 0.29) is 11.9 Å². The highest BCUT2D eigenvalue weighted by molar-refractivity contribution is 5.98. The molecule has 0 aliphatic rings. The highest BCUT2D eigenvalue weighted by atomic mass is 16.1.